The van der Waals surface area contributed by atoms with Gasteiger partial charge in [0, 0.05) is 23.0 Å². The molecule has 0 aliphatic rings. The lowest BCUT2D eigenvalue weighted by atomic mass is 10.1. The zero-order valence-electron chi connectivity index (χ0n) is 15.7. The van der Waals surface area contributed by atoms with E-state index in [4.69, 9.17) is 9.47 Å². The van der Waals surface area contributed by atoms with E-state index in [1.54, 1.807) is 51.5 Å². The lowest BCUT2D eigenvalue weighted by molar-refractivity contribution is -0.116. The van der Waals surface area contributed by atoms with Gasteiger partial charge >= 0.3 is 0 Å². The summed E-state index contributed by atoms with van der Waals surface area (Å²) in [5.41, 5.74) is 2.97. The second kappa shape index (κ2) is 8.38. The number of ketones is 1. The molecular formula is C20H24N2O4. The SMILES string of the molecule is COc1cc(C)c(NC(C)C(=O)Nc2ccc(C(C)=O)cc2)cc1OC. The Morgan fingerprint density at radius 2 is 1.58 bits per heavy atom. The highest BCUT2D eigenvalue weighted by Gasteiger charge is 2.16. The maximum Gasteiger partial charge on any atom is 0.246 e. The summed E-state index contributed by atoms with van der Waals surface area (Å²) in [6.07, 6.45) is 0. The maximum atomic E-state index is 12.4. The van der Waals surface area contributed by atoms with Gasteiger partial charge in [-0.3, -0.25) is 9.59 Å². The highest BCUT2D eigenvalue weighted by molar-refractivity contribution is 5.98. The number of hydrogen-bond acceptors (Lipinski definition) is 5. The molecule has 1 amide bonds. The molecule has 0 radical (unpaired) electrons. The minimum Gasteiger partial charge on any atom is -0.493 e. The van der Waals surface area contributed by atoms with Crippen LogP contribution in [0.3, 0.4) is 0 Å². The Kier molecular flexibility index (Phi) is 6.22. The third-order valence-electron chi connectivity index (χ3n) is 4.05. The van der Waals surface area contributed by atoms with Crippen LogP contribution in [0.1, 0.15) is 29.8 Å². The van der Waals surface area contributed by atoms with Crippen molar-refractivity contribution in [1.82, 2.24) is 0 Å². The molecule has 0 spiro atoms. The van der Waals surface area contributed by atoms with Crippen LogP contribution < -0.4 is 20.1 Å². The first kappa shape index (κ1) is 19.3. The van der Waals surface area contributed by atoms with Gasteiger partial charge in [-0.05, 0) is 56.7 Å². The predicted octanol–water partition coefficient (Wildman–Crippen LogP) is 3.65. The minimum absolute atomic E-state index is 0.0122. The Hall–Kier alpha value is -3.02. The van der Waals surface area contributed by atoms with Crippen LogP contribution in [0.25, 0.3) is 0 Å². The number of anilines is 2. The molecule has 0 saturated heterocycles. The summed E-state index contributed by atoms with van der Waals surface area (Å²) >= 11 is 0. The molecule has 0 saturated carbocycles. The Morgan fingerprint density at radius 3 is 2.12 bits per heavy atom. The summed E-state index contributed by atoms with van der Waals surface area (Å²) in [4.78, 5) is 23.7. The van der Waals surface area contributed by atoms with E-state index in [0.717, 1.165) is 11.3 Å². The van der Waals surface area contributed by atoms with Gasteiger partial charge < -0.3 is 20.1 Å². The largest absolute Gasteiger partial charge is 0.493 e. The van der Waals surface area contributed by atoms with Crippen LogP contribution in [0, 0.1) is 6.92 Å². The number of carbonyl (C=O) groups is 2. The Bertz CT molecular complexity index is 800. The average Bonchev–Trinajstić information content (AvgIpc) is 2.63. The standard InChI is InChI=1S/C20H24N2O4/c1-12-10-18(25-4)19(26-5)11-17(12)21-13(2)20(24)22-16-8-6-15(7-9-16)14(3)23/h6-11,13,21H,1-5H3,(H,22,24). The number of rotatable bonds is 7. The van der Waals surface area contributed by atoms with Gasteiger partial charge in [0.1, 0.15) is 6.04 Å². The number of methoxy groups -OCH3 is 2. The van der Waals surface area contributed by atoms with E-state index in [1.807, 2.05) is 13.0 Å². The number of aryl methyl sites for hydroxylation is 1. The van der Waals surface area contributed by atoms with E-state index < -0.39 is 6.04 Å². The summed E-state index contributed by atoms with van der Waals surface area (Å²) < 4.78 is 10.6. The second-order valence-corrected chi connectivity index (χ2v) is 6.01. The summed E-state index contributed by atoms with van der Waals surface area (Å²) in [5.74, 6) is 1.03. The lowest BCUT2D eigenvalue weighted by Gasteiger charge is -2.19. The van der Waals surface area contributed by atoms with E-state index in [9.17, 15) is 9.59 Å². The lowest BCUT2D eigenvalue weighted by Crippen LogP contribution is -2.32. The summed E-state index contributed by atoms with van der Waals surface area (Å²) in [5, 5.41) is 6.01. The molecule has 0 bridgehead atoms. The monoisotopic (exact) mass is 356 g/mol. The zero-order chi connectivity index (χ0) is 19.3. The number of benzene rings is 2. The number of Topliss-reactive ketones (excluding diaryl/α,β-unsaturated/α-hetero) is 1. The van der Waals surface area contributed by atoms with E-state index >= 15 is 0 Å². The molecule has 2 aromatic rings. The third-order valence-corrected chi connectivity index (χ3v) is 4.05. The average molecular weight is 356 g/mol. The number of ether oxygens (including phenoxy) is 2. The highest BCUT2D eigenvalue weighted by Crippen LogP contribution is 2.33. The first-order valence-corrected chi connectivity index (χ1v) is 8.26. The first-order valence-electron chi connectivity index (χ1n) is 8.26. The fraction of sp³-hybridized carbons (Fsp3) is 0.300. The van der Waals surface area contributed by atoms with E-state index in [0.29, 0.717) is 22.7 Å². The van der Waals surface area contributed by atoms with Crippen molar-refractivity contribution in [2.24, 2.45) is 0 Å². The summed E-state index contributed by atoms with van der Waals surface area (Å²) in [6.45, 7) is 5.20. The normalized spacial score (nSPS) is 11.4. The summed E-state index contributed by atoms with van der Waals surface area (Å²) in [7, 11) is 3.15. The van der Waals surface area contributed by atoms with Crippen molar-refractivity contribution in [3.8, 4) is 11.5 Å². The van der Waals surface area contributed by atoms with Crippen molar-refractivity contribution < 1.29 is 19.1 Å². The van der Waals surface area contributed by atoms with Crippen molar-refractivity contribution in [2.45, 2.75) is 26.8 Å². The van der Waals surface area contributed by atoms with Crippen LogP contribution in [0.2, 0.25) is 0 Å². The first-order chi connectivity index (χ1) is 12.3. The molecule has 6 nitrogen and oxygen atoms in total. The molecule has 0 aliphatic heterocycles. The predicted molar refractivity (Wildman–Crippen MR) is 102 cm³/mol. The summed E-state index contributed by atoms with van der Waals surface area (Å²) in [6, 6.07) is 9.99. The molecule has 138 valence electrons. The minimum atomic E-state index is -0.473. The van der Waals surface area contributed by atoms with Crippen molar-refractivity contribution in [3.63, 3.8) is 0 Å². The molecule has 2 aromatic carbocycles. The van der Waals surface area contributed by atoms with Crippen molar-refractivity contribution in [3.05, 3.63) is 47.5 Å². The number of nitrogens with one attached hydrogen (secondary N) is 2. The Morgan fingerprint density at radius 1 is 1.00 bits per heavy atom. The zero-order valence-corrected chi connectivity index (χ0v) is 15.7. The van der Waals surface area contributed by atoms with E-state index in [1.165, 1.54) is 6.92 Å². The molecule has 0 fully saturated rings. The topological polar surface area (TPSA) is 76.7 Å². The van der Waals surface area contributed by atoms with Gasteiger partial charge in [0.2, 0.25) is 5.91 Å². The van der Waals surface area contributed by atoms with Crippen LogP contribution in [-0.2, 0) is 4.79 Å². The van der Waals surface area contributed by atoms with E-state index in [2.05, 4.69) is 10.6 Å². The van der Waals surface area contributed by atoms with Gasteiger partial charge in [-0.2, -0.15) is 0 Å². The van der Waals surface area contributed by atoms with Crippen molar-refractivity contribution in [2.75, 3.05) is 24.9 Å². The second-order valence-electron chi connectivity index (χ2n) is 6.01. The molecule has 0 heterocycles. The molecular weight excluding hydrogens is 332 g/mol. The fourth-order valence-corrected chi connectivity index (χ4v) is 2.47. The van der Waals surface area contributed by atoms with Crippen molar-refractivity contribution in [1.29, 1.82) is 0 Å². The Balaban J connectivity index is 2.08. The fourth-order valence-electron chi connectivity index (χ4n) is 2.47. The van der Waals surface area contributed by atoms with E-state index in [-0.39, 0.29) is 11.7 Å². The van der Waals surface area contributed by atoms with Gasteiger partial charge in [-0.25, -0.2) is 0 Å². The molecule has 26 heavy (non-hydrogen) atoms. The van der Waals surface area contributed by atoms with Crippen LogP contribution >= 0.6 is 0 Å². The molecule has 6 heteroatoms. The number of amides is 1. The third kappa shape index (κ3) is 4.53. The smallest absolute Gasteiger partial charge is 0.246 e. The van der Waals surface area contributed by atoms with Gasteiger partial charge in [0.15, 0.2) is 17.3 Å². The highest BCUT2D eigenvalue weighted by atomic mass is 16.5. The molecule has 0 aromatic heterocycles. The van der Waals surface area contributed by atoms with Gasteiger partial charge in [0.05, 0.1) is 14.2 Å². The van der Waals surface area contributed by atoms with Crippen molar-refractivity contribution >= 4 is 23.1 Å². The van der Waals surface area contributed by atoms with Crippen LogP contribution in [-0.4, -0.2) is 32.0 Å². The van der Waals surface area contributed by atoms with Crippen LogP contribution in [0.5, 0.6) is 11.5 Å². The Labute approximate surface area is 153 Å². The number of hydrogen-bond donors (Lipinski definition) is 2. The van der Waals surface area contributed by atoms with Gasteiger partial charge in [-0.15, -0.1) is 0 Å². The molecule has 1 unspecified atom stereocenters. The van der Waals surface area contributed by atoms with Gasteiger partial charge in [0.25, 0.3) is 0 Å². The molecule has 2 rings (SSSR count). The number of carbonyl (C=O) groups excluding carboxylic acids is 2. The molecule has 0 aliphatic carbocycles. The molecule has 2 N–H and O–H groups in total. The van der Waals surface area contributed by atoms with Crippen LogP contribution in [0.15, 0.2) is 36.4 Å². The van der Waals surface area contributed by atoms with Crippen LogP contribution in [0.4, 0.5) is 11.4 Å². The van der Waals surface area contributed by atoms with Gasteiger partial charge in [-0.1, -0.05) is 0 Å². The molecule has 1 atom stereocenters. The maximum absolute atomic E-state index is 12.4. The quantitative estimate of drug-likeness (QED) is 0.741.